The van der Waals surface area contributed by atoms with Gasteiger partial charge in [-0.1, -0.05) is 200 Å². The predicted molar refractivity (Wildman–Crippen MR) is 292 cm³/mol. The van der Waals surface area contributed by atoms with E-state index in [1.54, 1.807) is 0 Å². The normalized spacial score (nSPS) is 15.1. The Hall–Kier alpha value is -8.92. The van der Waals surface area contributed by atoms with E-state index in [0.717, 1.165) is 63.1 Å². The number of furan rings is 1. The standard InChI is InChI=1S/C67H46N2O/c1-5-18-45(19-6-1)46-32-37-52(38-33-46)68(53-39-34-47(35-40-53)48-36-43-62-58(44-48)54-26-14-16-30-61(54)69(62)51-24-11-4-12-25-51)63-31-17-28-55-56-41-42-60-64(66(56)70-65(55)63)57-27-13-15-29-59(57)67(60,49-20-7-2-8-21-49)50-22-9-3-10-23-50/h1-9,11-22,24-44H,10,23H2. The predicted octanol–water partition coefficient (Wildman–Crippen LogP) is 18.1. The van der Waals surface area contributed by atoms with Crippen LogP contribution in [0.1, 0.15) is 29.5 Å². The first-order chi connectivity index (χ1) is 34.7. The van der Waals surface area contributed by atoms with Gasteiger partial charge in [0.2, 0.25) is 0 Å². The highest BCUT2D eigenvalue weighted by Crippen LogP contribution is 2.60. The Labute approximate surface area is 407 Å². The Morgan fingerprint density at radius 2 is 1.06 bits per heavy atom. The molecule has 2 aliphatic rings. The maximum atomic E-state index is 7.44. The Morgan fingerprint density at radius 3 is 1.81 bits per heavy atom. The molecule has 10 aromatic carbocycles. The van der Waals surface area contributed by atoms with Gasteiger partial charge < -0.3 is 13.9 Å². The molecule has 0 bridgehead atoms. The third-order valence-electron chi connectivity index (χ3n) is 15.0. The Morgan fingerprint density at radius 1 is 0.443 bits per heavy atom. The lowest BCUT2D eigenvalue weighted by Gasteiger charge is -2.36. The van der Waals surface area contributed by atoms with Crippen LogP contribution in [-0.2, 0) is 5.41 Å². The van der Waals surface area contributed by atoms with Gasteiger partial charge in [0, 0.05) is 44.2 Å². The van der Waals surface area contributed by atoms with Crippen molar-refractivity contribution in [3.05, 3.63) is 277 Å². The molecule has 1 atom stereocenters. The van der Waals surface area contributed by atoms with Crippen LogP contribution in [0.2, 0.25) is 0 Å². The molecule has 0 radical (unpaired) electrons. The monoisotopic (exact) mass is 894 g/mol. The highest BCUT2D eigenvalue weighted by molar-refractivity contribution is 6.16. The van der Waals surface area contributed by atoms with E-state index in [-0.39, 0.29) is 0 Å². The minimum absolute atomic E-state index is 0.439. The number of para-hydroxylation sites is 3. The summed E-state index contributed by atoms with van der Waals surface area (Å²) in [4.78, 5) is 2.36. The van der Waals surface area contributed by atoms with E-state index in [9.17, 15) is 0 Å². The molecule has 0 aliphatic heterocycles. The molecular formula is C67H46N2O. The molecule has 0 spiro atoms. The van der Waals surface area contributed by atoms with Gasteiger partial charge in [0.05, 0.1) is 22.1 Å². The fraction of sp³-hybridized carbons (Fsp3) is 0.0448. The Bertz CT molecular complexity index is 4030. The van der Waals surface area contributed by atoms with Crippen LogP contribution in [0.25, 0.3) is 82.8 Å². The van der Waals surface area contributed by atoms with Crippen LogP contribution in [0, 0.1) is 0 Å². The maximum absolute atomic E-state index is 7.44. The molecule has 0 saturated heterocycles. The molecule has 1 unspecified atom stereocenters. The quantitative estimate of drug-likeness (QED) is 0.152. The lowest BCUT2D eigenvalue weighted by molar-refractivity contribution is 0.666. The van der Waals surface area contributed by atoms with Crippen molar-refractivity contribution < 1.29 is 4.42 Å². The first-order valence-electron chi connectivity index (χ1n) is 24.4. The zero-order chi connectivity index (χ0) is 46.2. The number of benzene rings is 10. The number of hydrogen-bond donors (Lipinski definition) is 0. The highest BCUT2D eigenvalue weighted by Gasteiger charge is 2.48. The fourth-order valence-electron chi connectivity index (χ4n) is 11.9. The topological polar surface area (TPSA) is 21.3 Å². The van der Waals surface area contributed by atoms with Gasteiger partial charge in [0.1, 0.15) is 5.58 Å². The van der Waals surface area contributed by atoms with Crippen LogP contribution < -0.4 is 4.90 Å². The third-order valence-corrected chi connectivity index (χ3v) is 15.0. The summed E-state index contributed by atoms with van der Waals surface area (Å²) in [5, 5.41) is 4.69. The lowest BCUT2D eigenvalue weighted by Crippen LogP contribution is -2.30. The number of allylic oxidation sites excluding steroid dienone is 4. The van der Waals surface area contributed by atoms with Crippen molar-refractivity contribution in [2.24, 2.45) is 0 Å². The molecule has 3 nitrogen and oxygen atoms in total. The van der Waals surface area contributed by atoms with Gasteiger partial charge in [0.15, 0.2) is 5.58 Å². The average Bonchev–Trinajstić information content (AvgIpc) is 4.09. The van der Waals surface area contributed by atoms with Crippen molar-refractivity contribution in [2.75, 3.05) is 4.90 Å². The number of aromatic nitrogens is 1. The van der Waals surface area contributed by atoms with Crippen molar-refractivity contribution in [1.82, 2.24) is 4.57 Å². The second-order valence-electron chi connectivity index (χ2n) is 18.7. The van der Waals surface area contributed by atoms with Gasteiger partial charge in [-0.25, -0.2) is 0 Å². The summed E-state index contributed by atoms with van der Waals surface area (Å²) in [6.45, 7) is 0. The lowest BCUT2D eigenvalue weighted by atomic mass is 9.65. The SMILES string of the molecule is C1=CCCC(C2(c3ccccc3)c3ccccc3-c3c2ccc2c3oc3c(N(c4ccc(-c5ccccc5)cc4)c4ccc(-c5ccc6c(c5)c5ccccc5n6-c5ccccc5)cc4)cccc32)=C1. The van der Waals surface area contributed by atoms with Gasteiger partial charge in [-0.2, -0.15) is 0 Å². The molecule has 0 amide bonds. The van der Waals surface area contributed by atoms with Crippen LogP contribution in [0.4, 0.5) is 17.1 Å². The van der Waals surface area contributed by atoms with Gasteiger partial charge in [-0.15, -0.1) is 0 Å². The number of rotatable bonds is 8. The van der Waals surface area contributed by atoms with Crippen molar-refractivity contribution in [2.45, 2.75) is 18.3 Å². The summed E-state index contributed by atoms with van der Waals surface area (Å²) >= 11 is 0. The van der Waals surface area contributed by atoms with E-state index in [0.29, 0.717) is 0 Å². The van der Waals surface area contributed by atoms with E-state index in [4.69, 9.17) is 4.42 Å². The molecule has 3 heteroatoms. The summed E-state index contributed by atoms with van der Waals surface area (Å²) in [7, 11) is 0. The molecule has 2 heterocycles. The molecular weight excluding hydrogens is 849 g/mol. The van der Waals surface area contributed by atoms with E-state index in [2.05, 4.69) is 264 Å². The van der Waals surface area contributed by atoms with Crippen LogP contribution in [0.3, 0.4) is 0 Å². The van der Waals surface area contributed by atoms with E-state index in [1.165, 1.54) is 71.9 Å². The van der Waals surface area contributed by atoms with Crippen molar-refractivity contribution in [3.63, 3.8) is 0 Å². The molecule has 2 aromatic heterocycles. The third kappa shape index (κ3) is 6.08. The molecule has 0 N–H and O–H groups in total. The maximum Gasteiger partial charge on any atom is 0.159 e. The minimum atomic E-state index is -0.439. The van der Waals surface area contributed by atoms with E-state index >= 15 is 0 Å². The number of hydrogen-bond acceptors (Lipinski definition) is 2. The number of nitrogens with zero attached hydrogens (tertiary/aromatic N) is 2. The second kappa shape index (κ2) is 16.1. The summed E-state index contributed by atoms with van der Waals surface area (Å²) in [5.74, 6) is 0. The minimum Gasteiger partial charge on any atom is -0.453 e. The number of anilines is 3. The van der Waals surface area contributed by atoms with Crippen LogP contribution in [-0.4, -0.2) is 4.57 Å². The summed E-state index contributed by atoms with van der Waals surface area (Å²) < 4.78 is 9.81. The van der Waals surface area contributed by atoms with E-state index in [1.807, 2.05) is 0 Å². The molecule has 2 aliphatic carbocycles. The molecule has 70 heavy (non-hydrogen) atoms. The van der Waals surface area contributed by atoms with Crippen LogP contribution >= 0.6 is 0 Å². The molecule has 0 saturated carbocycles. The first kappa shape index (κ1) is 40.2. The van der Waals surface area contributed by atoms with E-state index < -0.39 is 5.41 Å². The van der Waals surface area contributed by atoms with Gasteiger partial charge in [0.25, 0.3) is 0 Å². The molecule has 0 fully saturated rings. The van der Waals surface area contributed by atoms with Crippen molar-refractivity contribution in [1.29, 1.82) is 0 Å². The molecule has 12 aromatic rings. The summed E-state index contributed by atoms with van der Waals surface area (Å²) in [6, 6.07) is 86.3. The Kier molecular flexibility index (Phi) is 9.25. The fourth-order valence-corrected chi connectivity index (χ4v) is 11.9. The zero-order valence-electron chi connectivity index (χ0n) is 38.5. The summed E-state index contributed by atoms with van der Waals surface area (Å²) in [6.07, 6.45) is 8.90. The summed E-state index contributed by atoms with van der Waals surface area (Å²) in [5.41, 5.74) is 20.4. The van der Waals surface area contributed by atoms with Crippen molar-refractivity contribution in [3.8, 4) is 39.1 Å². The van der Waals surface area contributed by atoms with Gasteiger partial charge >= 0.3 is 0 Å². The zero-order valence-corrected chi connectivity index (χ0v) is 38.5. The average molecular weight is 895 g/mol. The highest BCUT2D eigenvalue weighted by atomic mass is 16.3. The molecule has 330 valence electrons. The van der Waals surface area contributed by atoms with Crippen LogP contribution in [0.5, 0.6) is 0 Å². The number of fused-ring (bicyclic) bond motifs is 10. The Balaban J connectivity index is 0.939. The largest absolute Gasteiger partial charge is 0.453 e. The second-order valence-corrected chi connectivity index (χ2v) is 18.7. The van der Waals surface area contributed by atoms with Crippen LogP contribution in [0.15, 0.2) is 265 Å². The van der Waals surface area contributed by atoms with Crippen molar-refractivity contribution >= 4 is 60.8 Å². The first-order valence-corrected chi connectivity index (χ1v) is 24.4. The molecule has 14 rings (SSSR count). The van der Waals surface area contributed by atoms with Gasteiger partial charge in [-0.3, -0.25) is 0 Å². The van der Waals surface area contributed by atoms with Gasteiger partial charge in [-0.05, 0) is 118 Å². The smallest absolute Gasteiger partial charge is 0.159 e.